The number of nitrogens with zero attached hydrogens (tertiary/aromatic N) is 2. The molecule has 2 aromatic heterocycles. The van der Waals surface area contributed by atoms with E-state index in [9.17, 15) is 18.8 Å². The molecule has 5 N–H and O–H groups in total. The van der Waals surface area contributed by atoms with E-state index in [0.29, 0.717) is 22.6 Å². The molecular weight excluding hydrogens is 584 g/mol. The van der Waals surface area contributed by atoms with Gasteiger partial charge in [0.2, 0.25) is 5.43 Å². The van der Waals surface area contributed by atoms with Crippen LogP contribution in [-0.4, -0.2) is 35.6 Å². The van der Waals surface area contributed by atoms with Gasteiger partial charge in [-0.25, -0.2) is 13.8 Å². The maximum absolute atomic E-state index is 15.5. The molecule has 5 rings (SSSR count). The number of nitrogen functional groups attached to an aromatic ring is 1. The Kier molecular flexibility index (Phi) is 8.31. The van der Waals surface area contributed by atoms with Gasteiger partial charge in [0.1, 0.15) is 28.7 Å². The predicted octanol–water partition coefficient (Wildman–Crippen LogP) is 5.01. The fourth-order valence-corrected chi connectivity index (χ4v) is 4.95. The number of carbonyl (C=O) groups is 2. The molecule has 12 heteroatoms. The van der Waals surface area contributed by atoms with Crippen molar-refractivity contribution in [1.29, 1.82) is 0 Å². The zero-order chi connectivity index (χ0) is 32.4. The van der Waals surface area contributed by atoms with Crippen LogP contribution in [0, 0.1) is 11.6 Å². The van der Waals surface area contributed by atoms with E-state index in [-0.39, 0.29) is 39.5 Å². The number of benzene rings is 3. The summed E-state index contributed by atoms with van der Waals surface area (Å²) in [6.45, 7) is 0. The van der Waals surface area contributed by atoms with Crippen molar-refractivity contribution < 1.29 is 27.8 Å². The number of halogens is 2. The number of nitrogens with two attached hydrogens (primary N) is 2. The van der Waals surface area contributed by atoms with Gasteiger partial charge in [-0.15, -0.1) is 0 Å². The second kappa shape index (κ2) is 12.3. The lowest BCUT2D eigenvalue weighted by Crippen LogP contribution is -2.29. The molecule has 2 amide bonds. The van der Waals surface area contributed by atoms with Gasteiger partial charge in [-0.05, 0) is 59.7 Å². The van der Waals surface area contributed by atoms with Crippen molar-refractivity contribution in [3.8, 4) is 44.9 Å². The number of aryl methyl sites for hydroxylation is 1. The van der Waals surface area contributed by atoms with E-state index < -0.39 is 28.9 Å². The average Bonchev–Trinajstić information content (AvgIpc) is 3.02. The van der Waals surface area contributed by atoms with Gasteiger partial charge in [0.05, 0.1) is 19.8 Å². The number of hydrogen-bond acceptors (Lipinski definition) is 7. The number of carbonyl (C=O) groups excluding carboxylic acids is 2. The molecule has 0 aliphatic carbocycles. The first kappa shape index (κ1) is 30.4. The lowest BCUT2D eigenvalue weighted by molar-refractivity contribution is 0.0986. The van der Waals surface area contributed by atoms with Gasteiger partial charge in [0.15, 0.2) is 11.5 Å². The van der Waals surface area contributed by atoms with Crippen molar-refractivity contribution >= 4 is 23.3 Å². The van der Waals surface area contributed by atoms with E-state index >= 15 is 4.39 Å². The van der Waals surface area contributed by atoms with Gasteiger partial charge in [-0.1, -0.05) is 18.2 Å². The summed E-state index contributed by atoms with van der Waals surface area (Å²) in [5.41, 5.74) is 12.2. The third kappa shape index (κ3) is 5.93. The molecule has 0 atom stereocenters. The van der Waals surface area contributed by atoms with E-state index in [1.807, 2.05) is 0 Å². The molecule has 0 bridgehead atoms. The van der Waals surface area contributed by atoms with Gasteiger partial charge in [0, 0.05) is 41.8 Å². The number of aromatic nitrogens is 2. The van der Waals surface area contributed by atoms with Gasteiger partial charge >= 0.3 is 0 Å². The lowest BCUT2D eigenvalue weighted by Gasteiger charge is -2.15. The Balaban J connectivity index is 1.47. The number of primary amides is 1. The molecule has 0 aliphatic rings. The Morgan fingerprint density at radius 2 is 1.56 bits per heavy atom. The number of pyridine rings is 2. The van der Waals surface area contributed by atoms with Crippen LogP contribution in [0.2, 0.25) is 0 Å². The topological polar surface area (TPSA) is 152 Å². The second-order valence-electron chi connectivity index (χ2n) is 9.95. The van der Waals surface area contributed by atoms with Crippen LogP contribution in [0.3, 0.4) is 0 Å². The zero-order valence-electron chi connectivity index (χ0n) is 24.4. The molecule has 0 saturated carbocycles. The molecule has 0 fully saturated rings. The molecule has 3 aromatic carbocycles. The van der Waals surface area contributed by atoms with E-state index in [4.69, 9.17) is 20.9 Å². The number of anilines is 2. The van der Waals surface area contributed by atoms with Crippen molar-refractivity contribution in [2.45, 2.75) is 0 Å². The fraction of sp³-hybridized carbons (Fsp3) is 0.0909. The molecule has 45 heavy (non-hydrogen) atoms. The highest BCUT2D eigenvalue weighted by atomic mass is 19.1. The molecule has 0 spiro atoms. The Hall–Kier alpha value is -6.04. The highest BCUT2D eigenvalue weighted by molar-refractivity contribution is 6.06. The molecule has 0 radical (unpaired) electrons. The predicted molar refractivity (Wildman–Crippen MR) is 166 cm³/mol. The Labute approximate surface area is 255 Å². The molecule has 5 aromatic rings. The lowest BCUT2D eigenvalue weighted by atomic mass is 9.99. The molecule has 0 aliphatic heterocycles. The number of hydrogen-bond donors (Lipinski definition) is 3. The Morgan fingerprint density at radius 3 is 2.20 bits per heavy atom. The molecule has 2 heterocycles. The number of methoxy groups -OCH3 is 2. The van der Waals surface area contributed by atoms with Crippen LogP contribution in [0.1, 0.15) is 20.8 Å². The quantitative estimate of drug-likeness (QED) is 0.223. The largest absolute Gasteiger partial charge is 0.493 e. The zero-order valence-corrected chi connectivity index (χ0v) is 24.4. The normalized spacial score (nSPS) is 10.8. The Bertz CT molecular complexity index is 2030. The van der Waals surface area contributed by atoms with Gasteiger partial charge < -0.3 is 30.8 Å². The SMILES string of the molecule is COc1ccc(-c2cnc(N)c(-c3ccc(NC(=O)c4cn(C)c(C(N)=O)c(-c5ccc(F)cc5)c4=O)cc3F)c2)cc1OC. The fourth-order valence-electron chi connectivity index (χ4n) is 4.95. The third-order valence-corrected chi connectivity index (χ3v) is 7.15. The molecule has 0 saturated heterocycles. The molecule has 10 nitrogen and oxygen atoms in total. The molecule has 0 unspecified atom stereocenters. The maximum Gasteiger partial charge on any atom is 0.266 e. The molecular formula is C33H27F2N5O5. The van der Waals surface area contributed by atoms with Crippen molar-refractivity contribution in [2.24, 2.45) is 12.8 Å². The van der Waals surface area contributed by atoms with Crippen LogP contribution in [0.5, 0.6) is 11.5 Å². The second-order valence-corrected chi connectivity index (χ2v) is 9.95. The van der Waals surface area contributed by atoms with Crippen molar-refractivity contribution in [1.82, 2.24) is 9.55 Å². The summed E-state index contributed by atoms with van der Waals surface area (Å²) in [6.07, 6.45) is 2.71. The highest BCUT2D eigenvalue weighted by Crippen LogP contribution is 2.36. The van der Waals surface area contributed by atoms with Crippen LogP contribution < -0.4 is 31.7 Å². The van der Waals surface area contributed by atoms with Crippen molar-refractivity contribution in [2.75, 3.05) is 25.3 Å². The van der Waals surface area contributed by atoms with E-state index in [0.717, 1.165) is 30.0 Å². The summed E-state index contributed by atoms with van der Waals surface area (Å²) in [6, 6.07) is 15.8. The molecule has 228 valence electrons. The van der Waals surface area contributed by atoms with Gasteiger partial charge in [-0.2, -0.15) is 0 Å². The van der Waals surface area contributed by atoms with Crippen LogP contribution in [0.25, 0.3) is 33.4 Å². The van der Waals surface area contributed by atoms with Gasteiger partial charge in [-0.3, -0.25) is 14.4 Å². The Morgan fingerprint density at radius 1 is 0.867 bits per heavy atom. The van der Waals surface area contributed by atoms with Crippen molar-refractivity contribution in [3.63, 3.8) is 0 Å². The van der Waals surface area contributed by atoms with Crippen LogP contribution in [0.4, 0.5) is 20.3 Å². The number of amides is 2. The highest BCUT2D eigenvalue weighted by Gasteiger charge is 2.23. The summed E-state index contributed by atoms with van der Waals surface area (Å²) in [5, 5.41) is 2.52. The first-order chi connectivity index (χ1) is 21.5. The van der Waals surface area contributed by atoms with Crippen LogP contribution >= 0.6 is 0 Å². The summed E-state index contributed by atoms with van der Waals surface area (Å²) in [5.74, 6) is -1.91. The number of ether oxygens (including phenoxy) is 2. The van der Waals surface area contributed by atoms with E-state index in [1.54, 1.807) is 30.5 Å². The minimum absolute atomic E-state index is 0.0492. The number of nitrogens with one attached hydrogen (secondary N) is 1. The minimum Gasteiger partial charge on any atom is -0.493 e. The first-order valence-electron chi connectivity index (χ1n) is 13.4. The summed E-state index contributed by atoms with van der Waals surface area (Å²) in [4.78, 5) is 43.1. The average molecular weight is 612 g/mol. The minimum atomic E-state index is -0.914. The summed E-state index contributed by atoms with van der Waals surface area (Å²) >= 11 is 0. The summed E-state index contributed by atoms with van der Waals surface area (Å²) in [7, 11) is 4.48. The third-order valence-electron chi connectivity index (χ3n) is 7.15. The van der Waals surface area contributed by atoms with Crippen LogP contribution in [0.15, 0.2) is 83.9 Å². The standard InChI is InChI=1S/C33H27F2N5O5/c1-40-16-24(30(41)28(29(40)32(37)42)17-4-7-20(34)8-5-17)33(43)39-21-9-10-22(25(35)14-21)23-12-19(15-38-31(23)36)18-6-11-26(44-2)27(13-18)45-3/h4-16H,1-3H3,(H2,36,38)(H2,37,42)(H,39,43). The first-order valence-corrected chi connectivity index (χ1v) is 13.4. The maximum atomic E-state index is 15.5. The van der Waals surface area contributed by atoms with E-state index in [2.05, 4.69) is 10.3 Å². The summed E-state index contributed by atoms with van der Waals surface area (Å²) < 4.78 is 41.0. The monoisotopic (exact) mass is 611 g/mol. The van der Waals surface area contributed by atoms with Crippen LogP contribution in [-0.2, 0) is 7.05 Å². The van der Waals surface area contributed by atoms with Gasteiger partial charge in [0.25, 0.3) is 11.8 Å². The smallest absolute Gasteiger partial charge is 0.266 e. The van der Waals surface area contributed by atoms with E-state index in [1.165, 1.54) is 50.1 Å². The van der Waals surface area contributed by atoms with Crippen molar-refractivity contribution in [3.05, 3.63) is 112 Å². The number of rotatable bonds is 8.